The number of esters is 2. The molecule has 7 nitrogen and oxygen atoms in total. The van der Waals surface area contributed by atoms with Crippen LogP contribution in [0.2, 0.25) is 0 Å². The number of thiophene rings is 1. The molecule has 0 spiro atoms. The Bertz CT molecular complexity index is 793. The van der Waals surface area contributed by atoms with Crippen LogP contribution in [0.25, 0.3) is 10.2 Å². The van der Waals surface area contributed by atoms with Crippen LogP contribution in [0.4, 0.5) is 0 Å². The third kappa shape index (κ3) is 3.58. The van der Waals surface area contributed by atoms with E-state index in [1.165, 1.54) is 18.0 Å². The molecule has 0 saturated carbocycles. The average Bonchev–Trinajstić information content (AvgIpc) is 2.87. The standard InChI is InChI=1S/C15H18N2O5S/c1-4-5-6-22-10(18)7-17-8-16-13-11(14(17)19)9(2)12(23-13)15(20)21-3/h8H,4-7H2,1-3H3. The third-order valence-corrected chi connectivity index (χ3v) is 4.53. The lowest BCUT2D eigenvalue weighted by molar-refractivity contribution is -0.144. The van der Waals surface area contributed by atoms with Crippen molar-refractivity contribution in [2.24, 2.45) is 0 Å². The van der Waals surface area contributed by atoms with E-state index in [2.05, 4.69) is 4.98 Å². The van der Waals surface area contributed by atoms with Gasteiger partial charge in [0.1, 0.15) is 16.3 Å². The van der Waals surface area contributed by atoms with Gasteiger partial charge < -0.3 is 9.47 Å². The average molecular weight is 338 g/mol. The molecule has 2 rings (SSSR count). The third-order valence-electron chi connectivity index (χ3n) is 3.35. The van der Waals surface area contributed by atoms with E-state index in [0.29, 0.717) is 27.3 Å². The van der Waals surface area contributed by atoms with Gasteiger partial charge in [0.25, 0.3) is 5.56 Å². The van der Waals surface area contributed by atoms with Crippen LogP contribution >= 0.6 is 11.3 Å². The number of carbonyl (C=O) groups is 2. The highest BCUT2D eigenvalue weighted by Gasteiger charge is 2.20. The number of hydrogen-bond acceptors (Lipinski definition) is 7. The van der Waals surface area contributed by atoms with E-state index in [1.807, 2.05) is 6.92 Å². The molecule has 8 heteroatoms. The van der Waals surface area contributed by atoms with Gasteiger partial charge in [-0.3, -0.25) is 14.2 Å². The van der Waals surface area contributed by atoms with Crippen molar-refractivity contribution in [2.45, 2.75) is 33.2 Å². The van der Waals surface area contributed by atoms with Crippen LogP contribution in [0.5, 0.6) is 0 Å². The monoisotopic (exact) mass is 338 g/mol. The Balaban J connectivity index is 2.32. The Hall–Kier alpha value is -2.22. The smallest absolute Gasteiger partial charge is 0.348 e. The lowest BCUT2D eigenvalue weighted by Crippen LogP contribution is -2.25. The molecule has 0 aromatic carbocycles. The second kappa shape index (κ2) is 7.36. The van der Waals surface area contributed by atoms with Crippen LogP contribution in [0.1, 0.15) is 35.0 Å². The molecule has 0 radical (unpaired) electrons. The van der Waals surface area contributed by atoms with Crippen LogP contribution in [0.15, 0.2) is 11.1 Å². The summed E-state index contributed by atoms with van der Waals surface area (Å²) in [5.41, 5.74) is 0.148. The summed E-state index contributed by atoms with van der Waals surface area (Å²) in [7, 11) is 1.28. The molecule has 0 aliphatic rings. The van der Waals surface area contributed by atoms with E-state index in [0.717, 1.165) is 24.2 Å². The Morgan fingerprint density at radius 1 is 1.39 bits per heavy atom. The number of hydrogen-bond donors (Lipinski definition) is 0. The zero-order valence-electron chi connectivity index (χ0n) is 13.2. The van der Waals surface area contributed by atoms with E-state index >= 15 is 0 Å². The van der Waals surface area contributed by atoms with Gasteiger partial charge in [-0.25, -0.2) is 9.78 Å². The number of fused-ring (bicyclic) bond motifs is 1. The van der Waals surface area contributed by atoms with Crippen molar-refractivity contribution in [3.63, 3.8) is 0 Å². The van der Waals surface area contributed by atoms with Gasteiger partial charge in [-0.15, -0.1) is 11.3 Å². The number of rotatable bonds is 6. The maximum Gasteiger partial charge on any atom is 0.348 e. The SMILES string of the molecule is CCCCOC(=O)Cn1cnc2sc(C(=O)OC)c(C)c2c1=O. The van der Waals surface area contributed by atoms with Gasteiger partial charge in [-0.1, -0.05) is 13.3 Å². The number of nitrogens with zero attached hydrogens (tertiary/aromatic N) is 2. The summed E-state index contributed by atoms with van der Waals surface area (Å²) in [5, 5.41) is 0.333. The lowest BCUT2D eigenvalue weighted by Gasteiger charge is -2.06. The molecule has 23 heavy (non-hydrogen) atoms. The summed E-state index contributed by atoms with van der Waals surface area (Å²) in [6.45, 7) is 3.80. The predicted octanol–water partition coefficient (Wildman–Crippen LogP) is 1.90. The Labute approximate surface area is 136 Å². The van der Waals surface area contributed by atoms with E-state index < -0.39 is 11.9 Å². The minimum atomic E-state index is -0.504. The number of carbonyl (C=O) groups excluding carboxylic acids is 2. The Morgan fingerprint density at radius 2 is 2.13 bits per heavy atom. The molecule has 0 aliphatic heterocycles. The van der Waals surface area contributed by atoms with Crippen molar-refractivity contribution in [1.29, 1.82) is 0 Å². The zero-order valence-corrected chi connectivity index (χ0v) is 14.1. The normalized spacial score (nSPS) is 10.7. The van der Waals surface area contributed by atoms with E-state index in [-0.39, 0.29) is 12.1 Å². The molecule has 0 saturated heterocycles. The van der Waals surface area contributed by atoms with Crippen molar-refractivity contribution in [2.75, 3.05) is 13.7 Å². The summed E-state index contributed by atoms with van der Waals surface area (Å²) in [5.74, 6) is -0.988. The van der Waals surface area contributed by atoms with Gasteiger partial charge in [-0.05, 0) is 18.9 Å². The predicted molar refractivity (Wildman–Crippen MR) is 85.8 cm³/mol. The summed E-state index contributed by atoms with van der Waals surface area (Å²) < 4.78 is 10.9. The summed E-state index contributed by atoms with van der Waals surface area (Å²) >= 11 is 1.10. The van der Waals surface area contributed by atoms with Gasteiger partial charge >= 0.3 is 11.9 Å². The molecular weight excluding hydrogens is 320 g/mol. The van der Waals surface area contributed by atoms with Gasteiger partial charge in [-0.2, -0.15) is 0 Å². The van der Waals surface area contributed by atoms with Gasteiger partial charge in [0, 0.05) is 0 Å². The van der Waals surface area contributed by atoms with E-state index in [1.54, 1.807) is 6.92 Å². The fourth-order valence-electron chi connectivity index (χ4n) is 2.07. The van der Waals surface area contributed by atoms with E-state index in [9.17, 15) is 14.4 Å². The first-order chi connectivity index (χ1) is 11.0. The fourth-order valence-corrected chi connectivity index (χ4v) is 3.13. The molecular formula is C15H18N2O5S. The fraction of sp³-hybridized carbons (Fsp3) is 0.467. The van der Waals surface area contributed by atoms with Crippen LogP contribution in [-0.4, -0.2) is 35.2 Å². The molecule has 0 bridgehead atoms. The van der Waals surface area contributed by atoms with Gasteiger partial charge in [0.05, 0.1) is 25.4 Å². The summed E-state index contributed by atoms with van der Waals surface area (Å²) in [4.78, 5) is 40.9. The minimum absolute atomic E-state index is 0.200. The second-order valence-corrected chi connectivity index (χ2v) is 5.98. The van der Waals surface area contributed by atoms with Crippen LogP contribution in [-0.2, 0) is 20.8 Å². The van der Waals surface area contributed by atoms with Crippen molar-refractivity contribution in [3.05, 3.63) is 27.1 Å². The molecule has 0 aliphatic carbocycles. The maximum atomic E-state index is 12.5. The van der Waals surface area contributed by atoms with Crippen LogP contribution in [0, 0.1) is 6.92 Å². The molecule has 124 valence electrons. The van der Waals surface area contributed by atoms with Gasteiger partial charge in [0.2, 0.25) is 0 Å². The van der Waals surface area contributed by atoms with E-state index in [4.69, 9.17) is 9.47 Å². The second-order valence-electron chi connectivity index (χ2n) is 4.98. The van der Waals surface area contributed by atoms with Crippen LogP contribution in [0.3, 0.4) is 0 Å². The number of aryl methyl sites for hydroxylation is 1. The van der Waals surface area contributed by atoms with Crippen molar-refractivity contribution in [3.8, 4) is 0 Å². The molecule has 0 fully saturated rings. The van der Waals surface area contributed by atoms with Crippen LogP contribution < -0.4 is 5.56 Å². The molecule has 2 heterocycles. The highest BCUT2D eigenvalue weighted by molar-refractivity contribution is 7.20. The number of methoxy groups -OCH3 is 1. The molecule has 0 atom stereocenters. The number of unbranched alkanes of at least 4 members (excludes halogenated alkanes) is 1. The first kappa shape index (κ1) is 17.1. The molecule has 2 aromatic heterocycles. The van der Waals surface area contributed by atoms with Crippen molar-refractivity contribution < 1.29 is 19.1 Å². The molecule has 0 unspecified atom stereocenters. The summed E-state index contributed by atoms with van der Waals surface area (Å²) in [6.07, 6.45) is 3.00. The topological polar surface area (TPSA) is 87.5 Å². The first-order valence-corrected chi connectivity index (χ1v) is 8.03. The first-order valence-electron chi connectivity index (χ1n) is 7.22. The van der Waals surface area contributed by atoms with Crippen molar-refractivity contribution in [1.82, 2.24) is 9.55 Å². The number of ether oxygens (including phenoxy) is 2. The molecule has 2 aromatic rings. The Morgan fingerprint density at radius 3 is 2.78 bits per heavy atom. The maximum absolute atomic E-state index is 12.5. The quantitative estimate of drug-likeness (QED) is 0.590. The zero-order chi connectivity index (χ0) is 17.0. The van der Waals surface area contributed by atoms with Crippen molar-refractivity contribution >= 4 is 33.5 Å². The van der Waals surface area contributed by atoms with Gasteiger partial charge in [0.15, 0.2) is 0 Å². The molecule has 0 N–H and O–H groups in total. The highest BCUT2D eigenvalue weighted by Crippen LogP contribution is 2.27. The number of aromatic nitrogens is 2. The lowest BCUT2D eigenvalue weighted by atomic mass is 10.2. The minimum Gasteiger partial charge on any atom is -0.465 e. The largest absolute Gasteiger partial charge is 0.465 e. The summed E-state index contributed by atoms with van der Waals surface area (Å²) in [6, 6.07) is 0. The highest BCUT2D eigenvalue weighted by atomic mass is 32.1. The Kier molecular flexibility index (Phi) is 5.49. The molecule has 0 amide bonds.